The molecule has 0 spiro atoms. The molecule has 0 bridgehead atoms. The number of H-pyrrole nitrogens is 1. The minimum atomic E-state index is -0.126. The molecule has 1 aromatic heterocycles. The molecule has 0 saturated carbocycles. The first-order valence-corrected chi connectivity index (χ1v) is 13.3. The highest BCUT2D eigenvalue weighted by Gasteiger charge is 2.14. The number of benzene rings is 3. The molecule has 0 radical (unpaired) electrons. The lowest BCUT2D eigenvalue weighted by Crippen LogP contribution is -2.28. The Bertz CT molecular complexity index is 1410. The molecule has 4 rings (SSSR count). The molecule has 1 amide bonds. The van der Waals surface area contributed by atoms with Crippen LogP contribution in [0.1, 0.15) is 30.0 Å². The summed E-state index contributed by atoms with van der Waals surface area (Å²) >= 11 is 0. The van der Waals surface area contributed by atoms with Crippen molar-refractivity contribution in [3.8, 4) is 5.75 Å². The van der Waals surface area contributed by atoms with E-state index < -0.39 is 0 Å². The number of fused-ring (bicyclic) bond motifs is 1. The molecule has 0 atom stereocenters. The van der Waals surface area contributed by atoms with E-state index in [9.17, 15) is 4.79 Å². The van der Waals surface area contributed by atoms with Gasteiger partial charge in [0, 0.05) is 38.1 Å². The Morgan fingerprint density at radius 1 is 1.05 bits per heavy atom. The van der Waals surface area contributed by atoms with Crippen molar-refractivity contribution in [3.63, 3.8) is 0 Å². The van der Waals surface area contributed by atoms with Gasteiger partial charge >= 0.3 is 0 Å². The maximum atomic E-state index is 11.8. The average molecular weight is 525 g/mol. The van der Waals surface area contributed by atoms with Crippen LogP contribution in [0.25, 0.3) is 22.0 Å². The van der Waals surface area contributed by atoms with E-state index >= 15 is 0 Å². The highest BCUT2D eigenvalue weighted by molar-refractivity contribution is 6.00. The standard InChI is InChI=1S/C32H36N4O3/c1-3-29(24-8-5-4-6-9-24)32(26-13-16-30-27(22-26)23-34-35-30)25-11-14-28(15-12-25)39-21-18-33-17-7-10-31(38)36(2)19-20-37/h4-16,22-23,33,37H,3,17-21H2,1-2H3,(H,34,35). The molecule has 1 heterocycles. The fourth-order valence-corrected chi connectivity index (χ4v) is 4.47. The number of aromatic amines is 1. The summed E-state index contributed by atoms with van der Waals surface area (Å²) in [7, 11) is 1.66. The van der Waals surface area contributed by atoms with Gasteiger partial charge in [-0.1, -0.05) is 61.5 Å². The number of allylic oxidation sites excluding steroid dienone is 1. The van der Waals surface area contributed by atoms with Gasteiger partial charge in [0.05, 0.1) is 18.3 Å². The Morgan fingerprint density at radius 2 is 1.82 bits per heavy atom. The number of nitrogens with one attached hydrogen (secondary N) is 2. The predicted octanol–water partition coefficient (Wildman–Crippen LogP) is 4.91. The Labute approximate surface area is 229 Å². The summed E-state index contributed by atoms with van der Waals surface area (Å²) in [6, 6.07) is 25.2. The number of amides is 1. The van der Waals surface area contributed by atoms with Crippen molar-refractivity contribution < 1.29 is 14.6 Å². The summed E-state index contributed by atoms with van der Waals surface area (Å²) in [4.78, 5) is 13.3. The van der Waals surface area contributed by atoms with E-state index in [0.29, 0.717) is 26.2 Å². The van der Waals surface area contributed by atoms with Crippen LogP contribution in [-0.4, -0.2) is 66.0 Å². The Morgan fingerprint density at radius 3 is 2.56 bits per heavy atom. The maximum absolute atomic E-state index is 11.8. The molecule has 39 heavy (non-hydrogen) atoms. The maximum Gasteiger partial charge on any atom is 0.246 e. The first-order chi connectivity index (χ1) is 19.1. The van der Waals surface area contributed by atoms with E-state index in [0.717, 1.165) is 34.2 Å². The largest absolute Gasteiger partial charge is 0.492 e. The van der Waals surface area contributed by atoms with Crippen LogP contribution >= 0.6 is 0 Å². The summed E-state index contributed by atoms with van der Waals surface area (Å²) < 4.78 is 5.94. The van der Waals surface area contributed by atoms with Crippen LogP contribution in [0.3, 0.4) is 0 Å². The summed E-state index contributed by atoms with van der Waals surface area (Å²) in [5.41, 5.74) is 6.99. The first-order valence-electron chi connectivity index (χ1n) is 13.3. The second-order valence-corrected chi connectivity index (χ2v) is 9.21. The lowest BCUT2D eigenvalue weighted by Gasteiger charge is -2.17. The van der Waals surface area contributed by atoms with E-state index in [1.807, 2.05) is 24.4 Å². The van der Waals surface area contributed by atoms with Crippen molar-refractivity contribution in [1.29, 1.82) is 0 Å². The Hall–Kier alpha value is -4.20. The van der Waals surface area contributed by atoms with E-state index in [2.05, 4.69) is 77.0 Å². The van der Waals surface area contributed by atoms with Crippen LogP contribution in [0.2, 0.25) is 0 Å². The normalized spacial score (nSPS) is 12.1. The lowest BCUT2D eigenvalue weighted by molar-refractivity contribution is -0.125. The van der Waals surface area contributed by atoms with Gasteiger partial charge in [-0.2, -0.15) is 5.10 Å². The molecular weight excluding hydrogens is 488 g/mol. The number of nitrogens with zero attached hydrogens (tertiary/aromatic N) is 2. The van der Waals surface area contributed by atoms with Crippen LogP contribution < -0.4 is 10.1 Å². The molecule has 202 valence electrons. The second-order valence-electron chi connectivity index (χ2n) is 9.21. The zero-order valence-corrected chi connectivity index (χ0v) is 22.6. The van der Waals surface area contributed by atoms with E-state index in [4.69, 9.17) is 9.84 Å². The molecule has 0 saturated heterocycles. The number of carbonyl (C=O) groups is 1. The van der Waals surface area contributed by atoms with Gasteiger partial charge in [-0.25, -0.2) is 0 Å². The molecule has 4 aromatic rings. The zero-order valence-electron chi connectivity index (χ0n) is 22.6. The topological polar surface area (TPSA) is 90.5 Å². The monoisotopic (exact) mass is 524 g/mol. The number of aromatic nitrogens is 2. The van der Waals surface area contributed by atoms with E-state index in [1.165, 1.54) is 27.7 Å². The summed E-state index contributed by atoms with van der Waals surface area (Å²) in [6.45, 7) is 4.20. The van der Waals surface area contributed by atoms with Crippen LogP contribution in [0.15, 0.2) is 91.1 Å². The van der Waals surface area contributed by atoms with Crippen LogP contribution in [-0.2, 0) is 4.79 Å². The molecule has 7 heteroatoms. The number of aliphatic hydroxyl groups excluding tert-OH is 1. The molecule has 7 nitrogen and oxygen atoms in total. The molecule has 0 aliphatic carbocycles. The number of ether oxygens (including phenoxy) is 1. The third kappa shape index (κ3) is 7.44. The quantitative estimate of drug-likeness (QED) is 0.131. The number of rotatable bonds is 13. The molecule has 0 unspecified atom stereocenters. The van der Waals surface area contributed by atoms with E-state index in [-0.39, 0.29) is 12.5 Å². The minimum absolute atomic E-state index is 0.0436. The van der Waals surface area contributed by atoms with Crippen molar-refractivity contribution in [1.82, 2.24) is 20.4 Å². The fraction of sp³-hybridized carbons (Fsp3) is 0.250. The van der Waals surface area contributed by atoms with Gasteiger partial charge in [0.1, 0.15) is 12.4 Å². The van der Waals surface area contributed by atoms with Crippen LogP contribution in [0, 0.1) is 0 Å². The smallest absolute Gasteiger partial charge is 0.246 e. The van der Waals surface area contributed by atoms with Gasteiger partial charge < -0.3 is 20.1 Å². The molecule has 3 aromatic carbocycles. The van der Waals surface area contributed by atoms with Crippen molar-refractivity contribution in [2.75, 3.05) is 39.9 Å². The SMILES string of the molecule is CCC(=C(c1ccc(OCCNCC=CC(=O)N(C)CCO)cc1)c1ccc2[nH]ncc2c1)c1ccccc1. The number of hydrogen-bond acceptors (Lipinski definition) is 5. The average Bonchev–Trinajstić information content (AvgIpc) is 3.44. The highest BCUT2D eigenvalue weighted by atomic mass is 16.5. The van der Waals surface area contributed by atoms with Gasteiger partial charge in [0.2, 0.25) is 5.91 Å². The summed E-state index contributed by atoms with van der Waals surface area (Å²) in [5.74, 6) is 0.679. The number of hydrogen-bond donors (Lipinski definition) is 3. The van der Waals surface area contributed by atoms with Gasteiger partial charge in [-0.3, -0.25) is 9.89 Å². The number of likely N-dealkylation sites (N-methyl/N-ethyl adjacent to an activating group) is 1. The van der Waals surface area contributed by atoms with E-state index in [1.54, 1.807) is 13.1 Å². The molecule has 0 fully saturated rings. The molecule has 0 aliphatic rings. The van der Waals surface area contributed by atoms with Gasteiger partial charge in [-0.15, -0.1) is 0 Å². The first kappa shape index (κ1) is 27.8. The van der Waals surface area contributed by atoms with Crippen molar-refractivity contribution in [2.45, 2.75) is 13.3 Å². The van der Waals surface area contributed by atoms with Gasteiger partial charge in [0.15, 0.2) is 0 Å². The lowest BCUT2D eigenvalue weighted by atomic mass is 9.88. The molecule has 0 aliphatic heterocycles. The fourth-order valence-electron chi connectivity index (χ4n) is 4.47. The third-order valence-corrected chi connectivity index (χ3v) is 6.53. The van der Waals surface area contributed by atoms with Gasteiger partial charge in [-0.05, 0) is 58.5 Å². The third-order valence-electron chi connectivity index (χ3n) is 6.53. The second kappa shape index (κ2) is 14.1. The minimum Gasteiger partial charge on any atom is -0.492 e. The van der Waals surface area contributed by atoms with Gasteiger partial charge in [0.25, 0.3) is 0 Å². The Balaban J connectivity index is 1.44. The predicted molar refractivity (Wildman–Crippen MR) is 157 cm³/mol. The highest BCUT2D eigenvalue weighted by Crippen LogP contribution is 2.36. The summed E-state index contributed by atoms with van der Waals surface area (Å²) in [5, 5.41) is 20.5. The Kier molecular flexibility index (Phi) is 10.1. The number of aliphatic hydroxyl groups is 1. The van der Waals surface area contributed by atoms with Crippen molar-refractivity contribution in [2.24, 2.45) is 0 Å². The van der Waals surface area contributed by atoms with Crippen LogP contribution in [0.4, 0.5) is 0 Å². The van der Waals surface area contributed by atoms with Crippen molar-refractivity contribution in [3.05, 3.63) is 108 Å². The zero-order chi connectivity index (χ0) is 27.5. The van der Waals surface area contributed by atoms with Crippen molar-refractivity contribution >= 4 is 28.0 Å². The molecular formula is C32H36N4O3. The summed E-state index contributed by atoms with van der Waals surface area (Å²) in [6.07, 6.45) is 6.04. The molecule has 3 N–H and O–H groups in total. The number of carbonyl (C=O) groups excluding carboxylic acids is 1. The van der Waals surface area contributed by atoms with Crippen LogP contribution in [0.5, 0.6) is 5.75 Å².